The van der Waals surface area contributed by atoms with Crippen molar-refractivity contribution in [2.75, 3.05) is 36.4 Å². The number of alkyl halides is 6. The summed E-state index contributed by atoms with van der Waals surface area (Å²) in [5.41, 5.74) is -0.746. The topological polar surface area (TPSA) is 44.3 Å². The lowest BCUT2D eigenvalue weighted by Gasteiger charge is -2.37. The fraction of sp³-hybridized carbons (Fsp3) is 0.348. The largest absolute Gasteiger partial charge is 0.416 e. The minimum absolute atomic E-state index is 0.0532. The smallest absolute Gasteiger partial charge is 0.352 e. The molecule has 1 aliphatic rings. The molecule has 186 valence electrons. The van der Waals surface area contributed by atoms with E-state index in [1.54, 1.807) is 4.90 Å². The predicted octanol–water partition coefficient (Wildman–Crippen LogP) is 5.75. The maximum atomic E-state index is 13.1. The molecule has 2 heterocycles. The second-order valence-corrected chi connectivity index (χ2v) is 8.42. The SMILES string of the molecule is CCc1nc2ccccc2nc1N1CCN(C(=S)Nc2cc(C(F)(F)F)cc(C(F)(F)F)c2)CC1. The number of hydrogen-bond acceptors (Lipinski definition) is 4. The average Bonchev–Trinajstić information content (AvgIpc) is 2.82. The van der Waals surface area contributed by atoms with E-state index in [1.165, 1.54) is 0 Å². The van der Waals surface area contributed by atoms with Gasteiger partial charge in [0.15, 0.2) is 10.9 Å². The summed E-state index contributed by atoms with van der Waals surface area (Å²) in [6.07, 6.45) is -9.17. The van der Waals surface area contributed by atoms with Crippen LogP contribution in [0, 0.1) is 0 Å². The lowest BCUT2D eigenvalue weighted by molar-refractivity contribution is -0.143. The number of aryl methyl sites for hydroxylation is 1. The highest BCUT2D eigenvalue weighted by Gasteiger charge is 2.37. The molecule has 1 N–H and O–H groups in total. The second kappa shape index (κ2) is 9.48. The maximum Gasteiger partial charge on any atom is 0.416 e. The molecule has 0 atom stereocenters. The van der Waals surface area contributed by atoms with Crippen molar-refractivity contribution in [1.29, 1.82) is 0 Å². The van der Waals surface area contributed by atoms with Crippen molar-refractivity contribution >= 4 is 39.9 Å². The van der Waals surface area contributed by atoms with Gasteiger partial charge in [-0.1, -0.05) is 19.1 Å². The summed E-state index contributed by atoms with van der Waals surface area (Å²) >= 11 is 5.30. The Labute approximate surface area is 202 Å². The molecule has 0 spiro atoms. The molecule has 1 aromatic heterocycles. The van der Waals surface area contributed by atoms with E-state index in [-0.39, 0.29) is 16.9 Å². The first-order chi connectivity index (χ1) is 16.5. The zero-order chi connectivity index (χ0) is 25.4. The number of nitrogens with zero attached hydrogens (tertiary/aromatic N) is 4. The molecule has 35 heavy (non-hydrogen) atoms. The molecule has 0 radical (unpaired) electrons. The third kappa shape index (κ3) is 5.58. The van der Waals surface area contributed by atoms with Gasteiger partial charge in [-0.05, 0) is 49.0 Å². The number of thiocarbonyl (C=S) groups is 1. The predicted molar refractivity (Wildman–Crippen MR) is 125 cm³/mol. The number of halogens is 6. The molecule has 0 aliphatic carbocycles. The molecule has 0 saturated carbocycles. The number of fused-ring (bicyclic) bond motifs is 1. The first-order valence-corrected chi connectivity index (χ1v) is 11.2. The van der Waals surface area contributed by atoms with Crippen molar-refractivity contribution in [2.24, 2.45) is 0 Å². The van der Waals surface area contributed by atoms with E-state index in [0.29, 0.717) is 44.7 Å². The minimum Gasteiger partial charge on any atom is -0.352 e. The normalized spacial score (nSPS) is 14.9. The Hall–Kier alpha value is -3.15. The fourth-order valence-electron chi connectivity index (χ4n) is 3.87. The second-order valence-electron chi connectivity index (χ2n) is 8.03. The van der Waals surface area contributed by atoms with Crippen LogP contribution in [-0.2, 0) is 18.8 Å². The lowest BCUT2D eigenvalue weighted by Crippen LogP contribution is -2.50. The number of benzene rings is 2. The zero-order valence-corrected chi connectivity index (χ0v) is 19.4. The number of rotatable bonds is 3. The summed E-state index contributed by atoms with van der Waals surface area (Å²) in [5, 5.41) is 2.60. The highest BCUT2D eigenvalue weighted by molar-refractivity contribution is 7.80. The molecule has 1 fully saturated rings. The third-order valence-corrected chi connectivity index (χ3v) is 6.02. The van der Waals surface area contributed by atoms with Crippen LogP contribution >= 0.6 is 12.2 Å². The molecule has 2 aromatic carbocycles. The van der Waals surface area contributed by atoms with Gasteiger partial charge in [-0.15, -0.1) is 0 Å². The van der Waals surface area contributed by atoms with E-state index in [4.69, 9.17) is 22.2 Å². The van der Waals surface area contributed by atoms with Gasteiger partial charge in [0.2, 0.25) is 0 Å². The standard InChI is InChI=1S/C23H21F6N5S/c1-2-17-20(32-19-6-4-3-5-18(19)31-17)33-7-9-34(10-8-33)21(35)30-16-12-14(22(24,25)26)11-15(13-16)23(27,28)29/h3-6,11-13H,2,7-10H2,1H3,(H,30,35). The maximum absolute atomic E-state index is 13.1. The van der Waals surface area contributed by atoms with Gasteiger partial charge in [-0.2, -0.15) is 26.3 Å². The number of hydrogen-bond donors (Lipinski definition) is 1. The number of aromatic nitrogens is 2. The average molecular weight is 514 g/mol. The van der Waals surface area contributed by atoms with Crippen LogP contribution in [0.4, 0.5) is 37.8 Å². The first kappa shape index (κ1) is 25.0. The van der Waals surface area contributed by atoms with Crippen molar-refractivity contribution in [2.45, 2.75) is 25.7 Å². The van der Waals surface area contributed by atoms with E-state index in [9.17, 15) is 26.3 Å². The Bertz CT molecular complexity index is 1200. The Morgan fingerprint density at radius 2 is 1.43 bits per heavy atom. The minimum atomic E-state index is -4.93. The van der Waals surface area contributed by atoms with Gasteiger partial charge in [-0.3, -0.25) is 0 Å². The van der Waals surface area contributed by atoms with E-state index in [2.05, 4.69) is 10.2 Å². The van der Waals surface area contributed by atoms with Crippen molar-refractivity contribution in [1.82, 2.24) is 14.9 Å². The molecule has 0 amide bonds. The van der Waals surface area contributed by atoms with Crippen LogP contribution in [0.25, 0.3) is 11.0 Å². The Morgan fingerprint density at radius 3 is 1.94 bits per heavy atom. The van der Waals surface area contributed by atoms with Crippen molar-refractivity contribution < 1.29 is 26.3 Å². The Kier molecular flexibility index (Phi) is 6.76. The highest BCUT2D eigenvalue weighted by Crippen LogP contribution is 2.37. The molecule has 1 aliphatic heterocycles. The van der Waals surface area contributed by atoms with Gasteiger partial charge in [0, 0.05) is 31.9 Å². The number of piperazine rings is 1. The Balaban J connectivity index is 1.48. The molecular weight excluding hydrogens is 492 g/mol. The summed E-state index contributed by atoms with van der Waals surface area (Å²) in [4.78, 5) is 13.2. The monoisotopic (exact) mass is 513 g/mol. The van der Waals surface area contributed by atoms with Gasteiger partial charge < -0.3 is 15.1 Å². The fourth-order valence-corrected chi connectivity index (χ4v) is 4.17. The molecule has 12 heteroatoms. The van der Waals surface area contributed by atoms with E-state index < -0.39 is 23.5 Å². The zero-order valence-electron chi connectivity index (χ0n) is 18.5. The van der Waals surface area contributed by atoms with E-state index in [1.807, 2.05) is 31.2 Å². The number of nitrogens with one attached hydrogen (secondary N) is 1. The molecule has 1 saturated heterocycles. The lowest BCUT2D eigenvalue weighted by atomic mass is 10.1. The van der Waals surface area contributed by atoms with Crippen LogP contribution < -0.4 is 10.2 Å². The van der Waals surface area contributed by atoms with Gasteiger partial charge in [-0.25, -0.2) is 9.97 Å². The van der Waals surface area contributed by atoms with Crippen LogP contribution in [0.2, 0.25) is 0 Å². The summed E-state index contributed by atoms with van der Waals surface area (Å²) in [6, 6.07) is 8.88. The van der Waals surface area contributed by atoms with Gasteiger partial charge in [0.1, 0.15) is 0 Å². The van der Waals surface area contributed by atoms with Gasteiger partial charge >= 0.3 is 12.4 Å². The Morgan fingerprint density at radius 1 is 0.886 bits per heavy atom. The third-order valence-electron chi connectivity index (χ3n) is 5.66. The van der Waals surface area contributed by atoms with Crippen LogP contribution in [0.15, 0.2) is 42.5 Å². The summed E-state index contributed by atoms with van der Waals surface area (Å²) in [5.74, 6) is 0.762. The molecule has 5 nitrogen and oxygen atoms in total. The van der Waals surface area contributed by atoms with E-state index >= 15 is 0 Å². The van der Waals surface area contributed by atoms with Crippen molar-refractivity contribution in [3.05, 3.63) is 59.3 Å². The molecular formula is C23H21F6N5S. The van der Waals surface area contributed by atoms with Crippen LogP contribution in [-0.4, -0.2) is 46.2 Å². The quantitative estimate of drug-likeness (QED) is 0.356. The van der Waals surface area contributed by atoms with Crippen molar-refractivity contribution in [3.8, 4) is 0 Å². The number of para-hydroxylation sites is 2. The van der Waals surface area contributed by atoms with Crippen LogP contribution in [0.5, 0.6) is 0 Å². The molecule has 0 unspecified atom stereocenters. The summed E-state index contributed by atoms with van der Waals surface area (Å²) in [7, 11) is 0. The van der Waals surface area contributed by atoms with Crippen LogP contribution in [0.1, 0.15) is 23.7 Å². The van der Waals surface area contributed by atoms with Gasteiger partial charge in [0.05, 0.1) is 27.9 Å². The molecule has 4 rings (SSSR count). The van der Waals surface area contributed by atoms with Crippen LogP contribution in [0.3, 0.4) is 0 Å². The summed E-state index contributed by atoms with van der Waals surface area (Å²) < 4.78 is 78.8. The first-order valence-electron chi connectivity index (χ1n) is 10.8. The summed E-state index contributed by atoms with van der Waals surface area (Å²) in [6.45, 7) is 3.83. The van der Waals surface area contributed by atoms with Crippen molar-refractivity contribution in [3.63, 3.8) is 0 Å². The van der Waals surface area contributed by atoms with Gasteiger partial charge in [0.25, 0.3) is 0 Å². The number of anilines is 2. The molecule has 3 aromatic rings. The highest BCUT2D eigenvalue weighted by atomic mass is 32.1. The molecule has 0 bridgehead atoms. The van der Waals surface area contributed by atoms with E-state index in [0.717, 1.165) is 22.5 Å².